The van der Waals surface area contributed by atoms with E-state index in [1.165, 1.54) is 38.2 Å². The Morgan fingerprint density at radius 2 is 2.08 bits per heavy atom. The van der Waals surface area contributed by atoms with Crippen LogP contribution in [0, 0.1) is 0 Å². The number of carboxylic acid groups (broad SMARTS) is 1. The van der Waals surface area contributed by atoms with Crippen LogP contribution in [0.25, 0.3) is 0 Å². The standard InChI is InChI=1S/C10H16O2S/c11-10(12)7-4-8-13-9-5-2-1-3-6-9/h4,7,9H,1-3,5-6,8H2,(H,11,12)/b7-4+. The Labute approximate surface area is 83.4 Å². The summed E-state index contributed by atoms with van der Waals surface area (Å²) in [5, 5.41) is 9.12. The molecule has 0 atom stereocenters. The molecule has 1 rings (SSSR count). The van der Waals surface area contributed by atoms with E-state index in [1.807, 2.05) is 11.8 Å². The molecule has 3 heteroatoms. The number of aliphatic carboxylic acids is 1. The largest absolute Gasteiger partial charge is 0.478 e. The lowest BCUT2D eigenvalue weighted by Gasteiger charge is -2.19. The molecule has 0 saturated heterocycles. The molecule has 1 aliphatic carbocycles. The molecule has 0 amide bonds. The van der Waals surface area contributed by atoms with Crippen LogP contribution in [0.15, 0.2) is 12.2 Å². The molecule has 0 aromatic heterocycles. The van der Waals surface area contributed by atoms with E-state index >= 15 is 0 Å². The molecule has 0 aliphatic heterocycles. The fraction of sp³-hybridized carbons (Fsp3) is 0.700. The molecule has 0 aromatic carbocycles. The predicted molar refractivity (Wildman–Crippen MR) is 56.1 cm³/mol. The smallest absolute Gasteiger partial charge is 0.328 e. The van der Waals surface area contributed by atoms with Crippen LogP contribution in [0.5, 0.6) is 0 Å². The van der Waals surface area contributed by atoms with E-state index < -0.39 is 5.97 Å². The van der Waals surface area contributed by atoms with Gasteiger partial charge in [-0.15, -0.1) is 0 Å². The van der Waals surface area contributed by atoms with Crippen molar-refractivity contribution in [2.24, 2.45) is 0 Å². The van der Waals surface area contributed by atoms with Gasteiger partial charge in [0.05, 0.1) is 0 Å². The maximum absolute atomic E-state index is 10.2. The van der Waals surface area contributed by atoms with Crippen LogP contribution in [0.4, 0.5) is 0 Å². The molecule has 1 aliphatic rings. The summed E-state index contributed by atoms with van der Waals surface area (Å²) in [4.78, 5) is 10.2. The third-order valence-corrected chi connectivity index (χ3v) is 3.57. The van der Waals surface area contributed by atoms with Crippen LogP contribution < -0.4 is 0 Å². The van der Waals surface area contributed by atoms with Crippen LogP contribution >= 0.6 is 11.8 Å². The molecular weight excluding hydrogens is 184 g/mol. The van der Waals surface area contributed by atoms with Gasteiger partial charge in [0.25, 0.3) is 0 Å². The first-order valence-corrected chi connectivity index (χ1v) is 5.85. The SMILES string of the molecule is O=C(O)/C=C/CSC1CCCCC1. The third-order valence-electron chi connectivity index (χ3n) is 2.24. The zero-order valence-electron chi connectivity index (χ0n) is 7.74. The summed E-state index contributed by atoms with van der Waals surface area (Å²) >= 11 is 1.89. The van der Waals surface area contributed by atoms with Crippen molar-refractivity contribution < 1.29 is 9.90 Å². The minimum Gasteiger partial charge on any atom is -0.478 e. The zero-order chi connectivity index (χ0) is 9.52. The zero-order valence-corrected chi connectivity index (χ0v) is 8.55. The molecule has 74 valence electrons. The second kappa shape index (κ2) is 6.08. The van der Waals surface area contributed by atoms with Crippen molar-refractivity contribution in [3.8, 4) is 0 Å². The van der Waals surface area contributed by atoms with Gasteiger partial charge < -0.3 is 5.11 Å². The Bertz CT molecular complexity index is 183. The van der Waals surface area contributed by atoms with Crippen molar-refractivity contribution in [1.29, 1.82) is 0 Å². The highest BCUT2D eigenvalue weighted by atomic mass is 32.2. The van der Waals surface area contributed by atoms with Gasteiger partial charge in [0, 0.05) is 17.1 Å². The fourth-order valence-corrected chi connectivity index (χ4v) is 2.72. The maximum atomic E-state index is 10.2. The van der Waals surface area contributed by atoms with Gasteiger partial charge in [-0.05, 0) is 12.8 Å². The Kier molecular flexibility index (Phi) is 4.98. The molecule has 0 bridgehead atoms. The Balaban J connectivity index is 2.07. The Morgan fingerprint density at radius 3 is 2.69 bits per heavy atom. The lowest BCUT2D eigenvalue weighted by molar-refractivity contribution is -0.131. The van der Waals surface area contributed by atoms with Crippen LogP contribution in [-0.4, -0.2) is 22.1 Å². The van der Waals surface area contributed by atoms with E-state index in [1.54, 1.807) is 6.08 Å². The second-order valence-electron chi connectivity index (χ2n) is 3.33. The fourth-order valence-electron chi connectivity index (χ4n) is 1.57. The van der Waals surface area contributed by atoms with Gasteiger partial charge in [-0.25, -0.2) is 4.79 Å². The molecule has 0 unspecified atom stereocenters. The van der Waals surface area contributed by atoms with Gasteiger partial charge in [0.2, 0.25) is 0 Å². The highest BCUT2D eigenvalue weighted by molar-refractivity contribution is 8.00. The summed E-state index contributed by atoms with van der Waals surface area (Å²) in [6.45, 7) is 0. The summed E-state index contributed by atoms with van der Waals surface area (Å²) in [7, 11) is 0. The van der Waals surface area contributed by atoms with Crippen LogP contribution in [0.1, 0.15) is 32.1 Å². The van der Waals surface area contributed by atoms with Crippen molar-refractivity contribution in [3.63, 3.8) is 0 Å². The summed E-state index contributed by atoms with van der Waals surface area (Å²) in [6.07, 6.45) is 9.66. The van der Waals surface area contributed by atoms with Crippen molar-refractivity contribution in [2.45, 2.75) is 37.4 Å². The number of carboxylic acids is 1. The Hall–Kier alpha value is -0.440. The number of rotatable bonds is 4. The number of hydrogen-bond acceptors (Lipinski definition) is 2. The van der Waals surface area contributed by atoms with Crippen molar-refractivity contribution in [1.82, 2.24) is 0 Å². The van der Waals surface area contributed by atoms with Crippen molar-refractivity contribution >= 4 is 17.7 Å². The molecule has 2 nitrogen and oxygen atoms in total. The average molecular weight is 200 g/mol. The van der Waals surface area contributed by atoms with Crippen LogP contribution in [-0.2, 0) is 4.79 Å². The molecule has 1 N–H and O–H groups in total. The third kappa shape index (κ3) is 4.98. The molecule has 0 radical (unpaired) electrons. The lowest BCUT2D eigenvalue weighted by atomic mass is 10.0. The molecule has 0 aromatic rings. The molecule has 0 heterocycles. The maximum Gasteiger partial charge on any atom is 0.328 e. The molecular formula is C10H16O2S. The van der Waals surface area contributed by atoms with E-state index in [9.17, 15) is 4.79 Å². The Morgan fingerprint density at radius 1 is 1.38 bits per heavy atom. The summed E-state index contributed by atoms with van der Waals surface area (Å²) < 4.78 is 0. The summed E-state index contributed by atoms with van der Waals surface area (Å²) in [5.41, 5.74) is 0. The molecule has 13 heavy (non-hydrogen) atoms. The normalized spacial score (nSPS) is 19.4. The molecule has 1 fully saturated rings. The van der Waals surface area contributed by atoms with Crippen molar-refractivity contribution in [2.75, 3.05) is 5.75 Å². The van der Waals surface area contributed by atoms with Gasteiger partial charge in [-0.1, -0.05) is 25.3 Å². The lowest BCUT2D eigenvalue weighted by Crippen LogP contribution is -2.08. The van der Waals surface area contributed by atoms with Gasteiger partial charge >= 0.3 is 5.97 Å². The van der Waals surface area contributed by atoms with E-state index in [2.05, 4.69) is 0 Å². The molecule has 1 saturated carbocycles. The van der Waals surface area contributed by atoms with E-state index in [0.29, 0.717) is 0 Å². The molecule has 0 spiro atoms. The number of carbonyl (C=O) groups is 1. The van der Waals surface area contributed by atoms with Crippen LogP contribution in [0.3, 0.4) is 0 Å². The monoisotopic (exact) mass is 200 g/mol. The van der Waals surface area contributed by atoms with Crippen molar-refractivity contribution in [3.05, 3.63) is 12.2 Å². The first kappa shape index (κ1) is 10.6. The minimum atomic E-state index is -0.843. The number of thioether (sulfide) groups is 1. The summed E-state index contributed by atoms with van der Waals surface area (Å²) in [5.74, 6) is 0.000921. The number of hydrogen-bond donors (Lipinski definition) is 1. The quantitative estimate of drug-likeness (QED) is 0.709. The van der Waals surface area contributed by atoms with Gasteiger partial charge in [0.1, 0.15) is 0 Å². The minimum absolute atomic E-state index is 0.771. The van der Waals surface area contributed by atoms with Crippen LogP contribution in [0.2, 0.25) is 0 Å². The topological polar surface area (TPSA) is 37.3 Å². The average Bonchev–Trinajstić information content (AvgIpc) is 2.14. The predicted octanol–water partition coefficient (Wildman–Crippen LogP) is 2.69. The second-order valence-corrected chi connectivity index (χ2v) is 4.67. The first-order valence-electron chi connectivity index (χ1n) is 4.80. The van der Waals surface area contributed by atoms with Gasteiger partial charge in [0.15, 0.2) is 0 Å². The highest BCUT2D eigenvalue weighted by Crippen LogP contribution is 2.27. The van der Waals surface area contributed by atoms with Gasteiger partial charge in [-0.2, -0.15) is 11.8 Å². The van der Waals surface area contributed by atoms with E-state index in [0.717, 1.165) is 11.0 Å². The van der Waals surface area contributed by atoms with E-state index in [-0.39, 0.29) is 0 Å². The first-order chi connectivity index (χ1) is 6.29. The highest BCUT2D eigenvalue weighted by Gasteiger charge is 2.12. The summed E-state index contributed by atoms with van der Waals surface area (Å²) in [6, 6.07) is 0. The van der Waals surface area contributed by atoms with Gasteiger partial charge in [-0.3, -0.25) is 0 Å². The van der Waals surface area contributed by atoms with E-state index in [4.69, 9.17) is 5.11 Å².